The van der Waals surface area contributed by atoms with Crippen LogP contribution in [0.1, 0.15) is 6.92 Å². The molecule has 0 aliphatic carbocycles. The first-order valence-electron chi connectivity index (χ1n) is 5.41. The minimum Gasteiger partial charge on any atom is -0.462 e. The first kappa shape index (κ1) is 13.2. The summed E-state index contributed by atoms with van der Waals surface area (Å²) in [6.45, 7) is 1.75. The molecule has 2 saturated heterocycles. The van der Waals surface area contributed by atoms with E-state index >= 15 is 0 Å². The van der Waals surface area contributed by atoms with Gasteiger partial charge in [-0.15, -0.1) is 11.8 Å². The Bertz CT molecular complexity index is 390. The number of ether oxygens (including phenoxy) is 2. The van der Waals surface area contributed by atoms with Crippen molar-refractivity contribution in [2.75, 3.05) is 18.9 Å². The average Bonchev–Trinajstić information content (AvgIpc) is 2.36. The van der Waals surface area contributed by atoms with Crippen LogP contribution in [-0.4, -0.2) is 59.2 Å². The molecule has 0 saturated carbocycles. The van der Waals surface area contributed by atoms with Crippen molar-refractivity contribution in [3.63, 3.8) is 0 Å². The summed E-state index contributed by atoms with van der Waals surface area (Å²) in [6.07, 6.45) is 0. The summed E-state index contributed by atoms with van der Waals surface area (Å²) in [4.78, 5) is 34.5. The van der Waals surface area contributed by atoms with Gasteiger partial charge in [0.2, 0.25) is 5.91 Å². The predicted molar refractivity (Wildman–Crippen MR) is 62.4 cm³/mol. The number of hydrogen-bond acceptors (Lipinski definition) is 7. The van der Waals surface area contributed by atoms with Gasteiger partial charge >= 0.3 is 5.97 Å². The van der Waals surface area contributed by atoms with Gasteiger partial charge in [-0.1, -0.05) is 0 Å². The first-order chi connectivity index (χ1) is 8.49. The van der Waals surface area contributed by atoms with E-state index in [0.717, 1.165) is 0 Å². The number of amides is 1. The minimum absolute atomic E-state index is 0.0557. The topological polar surface area (TPSA) is 98.9 Å². The molecule has 0 aromatic heterocycles. The van der Waals surface area contributed by atoms with Gasteiger partial charge in [-0.25, -0.2) is 0 Å². The van der Waals surface area contributed by atoms with Gasteiger partial charge in [-0.05, 0) is 0 Å². The molecule has 0 radical (unpaired) electrons. The van der Waals surface area contributed by atoms with E-state index in [1.165, 1.54) is 18.7 Å². The SMILES string of the molecule is CC(=O)OCC1(OC=O)CS[C@@H]2C(N)C(=O)N2C1. The first-order valence-corrected chi connectivity index (χ1v) is 6.46. The highest BCUT2D eigenvalue weighted by Crippen LogP contribution is 2.38. The molecule has 2 unspecified atom stereocenters. The number of esters is 1. The predicted octanol–water partition coefficient (Wildman–Crippen LogP) is -1.30. The molecule has 0 aromatic carbocycles. The van der Waals surface area contributed by atoms with Gasteiger partial charge in [0.05, 0.1) is 6.54 Å². The molecule has 0 aromatic rings. The number of hydrogen-bond donors (Lipinski definition) is 1. The van der Waals surface area contributed by atoms with E-state index in [9.17, 15) is 14.4 Å². The van der Waals surface area contributed by atoms with E-state index in [0.29, 0.717) is 12.2 Å². The zero-order chi connectivity index (χ0) is 13.3. The number of thioether (sulfide) groups is 1. The lowest BCUT2D eigenvalue weighted by molar-refractivity contribution is -0.169. The molecule has 2 aliphatic heterocycles. The lowest BCUT2D eigenvalue weighted by Gasteiger charge is -2.52. The van der Waals surface area contributed by atoms with Crippen LogP contribution in [0.2, 0.25) is 0 Å². The van der Waals surface area contributed by atoms with Crippen LogP contribution in [0.5, 0.6) is 0 Å². The van der Waals surface area contributed by atoms with Crippen LogP contribution < -0.4 is 5.73 Å². The highest BCUT2D eigenvalue weighted by Gasteiger charge is 2.54. The van der Waals surface area contributed by atoms with Crippen molar-refractivity contribution in [2.45, 2.75) is 23.9 Å². The van der Waals surface area contributed by atoms with Gasteiger partial charge in [-0.3, -0.25) is 14.4 Å². The van der Waals surface area contributed by atoms with Crippen molar-refractivity contribution in [1.82, 2.24) is 4.90 Å². The van der Waals surface area contributed by atoms with Crippen molar-refractivity contribution in [3.05, 3.63) is 0 Å². The third-order valence-corrected chi connectivity index (χ3v) is 4.58. The number of rotatable bonds is 4. The van der Waals surface area contributed by atoms with Crippen LogP contribution in [0.15, 0.2) is 0 Å². The molecule has 2 heterocycles. The van der Waals surface area contributed by atoms with Gasteiger partial charge < -0.3 is 20.1 Å². The number of fused-ring (bicyclic) bond motifs is 1. The number of nitrogens with zero attached hydrogens (tertiary/aromatic N) is 1. The monoisotopic (exact) mass is 274 g/mol. The summed E-state index contributed by atoms with van der Waals surface area (Å²) in [5, 5.41) is -0.0711. The Morgan fingerprint density at radius 3 is 3.06 bits per heavy atom. The Labute approximate surface area is 108 Å². The second kappa shape index (κ2) is 4.77. The number of nitrogens with two attached hydrogens (primary N) is 1. The van der Waals surface area contributed by atoms with Crippen LogP contribution in [0, 0.1) is 0 Å². The van der Waals surface area contributed by atoms with E-state index in [4.69, 9.17) is 15.2 Å². The molecule has 2 fully saturated rings. The third-order valence-electron chi connectivity index (χ3n) is 2.99. The lowest BCUT2D eigenvalue weighted by Crippen LogP contribution is -2.73. The maximum Gasteiger partial charge on any atom is 0.302 e. The van der Waals surface area contributed by atoms with Gasteiger partial charge in [0.1, 0.15) is 18.0 Å². The summed E-state index contributed by atoms with van der Waals surface area (Å²) < 4.78 is 9.95. The Morgan fingerprint density at radius 2 is 2.44 bits per heavy atom. The van der Waals surface area contributed by atoms with E-state index in [1.54, 1.807) is 4.90 Å². The molecule has 100 valence electrons. The lowest BCUT2D eigenvalue weighted by atomic mass is 10.0. The van der Waals surface area contributed by atoms with Gasteiger partial charge in [0.25, 0.3) is 6.47 Å². The molecule has 18 heavy (non-hydrogen) atoms. The highest BCUT2D eigenvalue weighted by molar-refractivity contribution is 8.00. The Morgan fingerprint density at radius 1 is 1.72 bits per heavy atom. The highest BCUT2D eigenvalue weighted by atomic mass is 32.2. The number of carbonyl (C=O) groups is 3. The van der Waals surface area contributed by atoms with E-state index in [2.05, 4.69) is 0 Å². The Kier molecular flexibility index (Phi) is 3.49. The average molecular weight is 274 g/mol. The third kappa shape index (κ3) is 2.17. The van der Waals surface area contributed by atoms with E-state index < -0.39 is 17.6 Å². The second-order valence-corrected chi connectivity index (χ2v) is 5.48. The standard InChI is InChI=1S/C10H14N2O5S/c1-6(14)16-3-10(17-5-13)2-12-8(15)7(11)9(12)18-4-10/h5,7,9H,2-4,11H2,1H3/t7?,9-,10?/m1/s1. The molecular formula is C10H14N2O5S. The van der Waals surface area contributed by atoms with Gasteiger partial charge in [-0.2, -0.15) is 0 Å². The van der Waals surface area contributed by atoms with Crippen LogP contribution in [0.4, 0.5) is 0 Å². The van der Waals surface area contributed by atoms with Gasteiger partial charge in [0, 0.05) is 12.7 Å². The van der Waals surface area contributed by atoms with Crippen molar-refractivity contribution in [1.29, 1.82) is 0 Å². The number of carbonyl (C=O) groups excluding carboxylic acids is 3. The molecule has 1 amide bonds. The minimum atomic E-state index is -0.968. The van der Waals surface area contributed by atoms with Crippen molar-refractivity contribution in [3.8, 4) is 0 Å². The Balaban J connectivity index is 2.05. The zero-order valence-corrected chi connectivity index (χ0v) is 10.6. The molecule has 8 heteroatoms. The van der Waals surface area contributed by atoms with Crippen LogP contribution in [0.25, 0.3) is 0 Å². The molecule has 7 nitrogen and oxygen atoms in total. The summed E-state index contributed by atoms with van der Waals surface area (Å²) in [7, 11) is 0. The van der Waals surface area contributed by atoms with Crippen LogP contribution in [0.3, 0.4) is 0 Å². The molecule has 2 N–H and O–H groups in total. The van der Waals surface area contributed by atoms with Crippen molar-refractivity contribution in [2.24, 2.45) is 5.73 Å². The molecular weight excluding hydrogens is 260 g/mol. The normalized spacial score (nSPS) is 34.3. The summed E-state index contributed by atoms with van der Waals surface area (Å²) in [6, 6.07) is -0.488. The fourth-order valence-electron chi connectivity index (χ4n) is 2.03. The summed E-state index contributed by atoms with van der Waals surface area (Å²) >= 11 is 1.43. The quantitative estimate of drug-likeness (QED) is 0.386. The van der Waals surface area contributed by atoms with Crippen LogP contribution >= 0.6 is 11.8 Å². The van der Waals surface area contributed by atoms with Gasteiger partial charge in [0.15, 0.2) is 5.60 Å². The molecule has 0 spiro atoms. The number of β-lactam (4-membered cyclic amide) rings is 1. The fourth-order valence-corrected chi connectivity index (χ4v) is 3.43. The van der Waals surface area contributed by atoms with E-state index in [1.807, 2.05) is 0 Å². The molecule has 0 bridgehead atoms. The summed E-state index contributed by atoms with van der Waals surface area (Å²) in [5.41, 5.74) is 4.69. The summed E-state index contributed by atoms with van der Waals surface area (Å²) in [5.74, 6) is -0.183. The maximum atomic E-state index is 11.6. The molecule has 2 rings (SSSR count). The maximum absolute atomic E-state index is 11.6. The molecule has 2 aliphatic rings. The Hall–Kier alpha value is -1.28. The molecule has 3 atom stereocenters. The second-order valence-electron chi connectivity index (χ2n) is 4.37. The smallest absolute Gasteiger partial charge is 0.302 e. The fraction of sp³-hybridized carbons (Fsp3) is 0.700. The van der Waals surface area contributed by atoms with Crippen LogP contribution in [-0.2, 0) is 23.9 Å². The zero-order valence-electron chi connectivity index (χ0n) is 9.83. The largest absolute Gasteiger partial charge is 0.462 e. The van der Waals surface area contributed by atoms with Crippen molar-refractivity contribution < 1.29 is 23.9 Å². The van der Waals surface area contributed by atoms with E-state index in [-0.39, 0.29) is 24.4 Å². The van der Waals surface area contributed by atoms with Crippen molar-refractivity contribution >= 4 is 30.1 Å².